The summed E-state index contributed by atoms with van der Waals surface area (Å²) in [6.45, 7) is 6.00. The van der Waals surface area contributed by atoms with E-state index in [0.717, 1.165) is 35.5 Å². The Kier molecular flexibility index (Phi) is 10.2. The van der Waals surface area contributed by atoms with Gasteiger partial charge in [0.05, 0.1) is 0 Å². The minimum absolute atomic E-state index is 0.0913. The summed E-state index contributed by atoms with van der Waals surface area (Å²) < 4.78 is 17.4. The number of carbonyl (C=O) groups excluding carboxylic acids is 1. The third-order valence-corrected chi connectivity index (χ3v) is 13.8. The Morgan fingerprint density at radius 2 is 2.08 bits per heavy atom. The third kappa shape index (κ3) is 7.31. The number of hydrogen-bond donors (Lipinski definition) is 2. The molecule has 2 aromatic heterocycles. The van der Waals surface area contributed by atoms with Crippen molar-refractivity contribution >= 4 is 66.0 Å². The van der Waals surface area contributed by atoms with E-state index in [1.54, 1.807) is 23.9 Å². The van der Waals surface area contributed by atoms with Crippen LogP contribution in [0.4, 0.5) is 17.5 Å². The number of ether oxygens (including phenoxy) is 2. The summed E-state index contributed by atoms with van der Waals surface area (Å²) in [4.78, 5) is 34.3. The summed E-state index contributed by atoms with van der Waals surface area (Å²) in [5, 5.41) is 7.03. The molecule has 0 atom stereocenters. The van der Waals surface area contributed by atoms with Gasteiger partial charge < -0.3 is 10.1 Å². The summed E-state index contributed by atoms with van der Waals surface area (Å²) >= 11 is 5.15. The first kappa shape index (κ1) is 29.3. The molecule has 1 aliphatic heterocycles. The number of rotatable bonds is 11. The average Bonchev–Trinajstić information content (AvgIpc) is 2.92. The number of pyridine rings is 1. The summed E-state index contributed by atoms with van der Waals surface area (Å²) in [5.41, 5.74) is 1.15. The van der Waals surface area contributed by atoms with Crippen LogP contribution < -0.4 is 24.0 Å². The Hall–Kier alpha value is -2.64. The van der Waals surface area contributed by atoms with E-state index < -0.39 is 20.1 Å². The van der Waals surface area contributed by atoms with Crippen molar-refractivity contribution in [3.05, 3.63) is 45.8 Å². The number of hydrogen-bond acceptors (Lipinski definition) is 8. The van der Waals surface area contributed by atoms with Crippen LogP contribution in [0.25, 0.3) is 10.9 Å². The van der Waals surface area contributed by atoms with Crippen molar-refractivity contribution in [2.45, 2.75) is 33.2 Å². The van der Waals surface area contributed by atoms with Gasteiger partial charge in [0.15, 0.2) is 0 Å². The minimum atomic E-state index is -1.37. The number of benzene rings is 1. The van der Waals surface area contributed by atoms with Crippen molar-refractivity contribution < 1.29 is 14.3 Å². The number of nitrogens with one attached hydrogen (secondary N) is 2. The van der Waals surface area contributed by atoms with Gasteiger partial charge in [-0.2, -0.15) is 0 Å². The SMILES string of the molecule is CNC(=O)COc1cc2cc(Nc3nc(N4CCCCI4CC(C)C)ncc3Cl)ccc2n(CCOC)c1=O. The Morgan fingerprint density at radius 1 is 1.26 bits per heavy atom. The Balaban J connectivity index is 1.66. The fraction of sp³-hybridized carbons (Fsp3) is 0.481. The van der Waals surface area contributed by atoms with Gasteiger partial charge in [-0.05, 0) is 0 Å². The molecule has 1 saturated heterocycles. The number of aromatic nitrogens is 3. The second-order valence-electron chi connectivity index (χ2n) is 9.64. The van der Waals surface area contributed by atoms with E-state index in [4.69, 9.17) is 26.1 Å². The molecule has 12 heteroatoms. The Morgan fingerprint density at radius 3 is 2.82 bits per heavy atom. The van der Waals surface area contributed by atoms with Gasteiger partial charge in [-0.15, -0.1) is 0 Å². The molecule has 2 N–H and O–H groups in total. The molecule has 0 bridgehead atoms. The predicted octanol–water partition coefficient (Wildman–Crippen LogP) is 4.64. The number of carbonyl (C=O) groups is 1. The molecule has 0 aliphatic carbocycles. The van der Waals surface area contributed by atoms with Crippen LogP contribution >= 0.6 is 31.7 Å². The Bertz CT molecular complexity index is 1370. The molecule has 0 unspecified atom stereocenters. The van der Waals surface area contributed by atoms with Crippen molar-refractivity contribution in [2.24, 2.45) is 5.92 Å². The molecule has 1 aromatic carbocycles. The summed E-state index contributed by atoms with van der Waals surface area (Å²) in [5.74, 6) is 1.70. The molecule has 1 aliphatic rings. The number of anilines is 3. The van der Waals surface area contributed by atoms with E-state index in [9.17, 15) is 9.59 Å². The maximum atomic E-state index is 13.1. The number of alkyl halides is 2. The van der Waals surface area contributed by atoms with Crippen molar-refractivity contribution in [1.29, 1.82) is 0 Å². The predicted molar refractivity (Wildman–Crippen MR) is 165 cm³/mol. The van der Waals surface area contributed by atoms with Gasteiger partial charge in [0, 0.05) is 14.2 Å². The van der Waals surface area contributed by atoms with Crippen LogP contribution in [0.2, 0.25) is 5.02 Å². The fourth-order valence-corrected chi connectivity index (χ4v) is 11.3. The van der Waals surface area contributed by atoms with E-state index in [1.165, 1.54) is 22.3 Å². The zero-order valence-electron chi connectivity index (χ0n) is 22.8. The molecular weight excluding hydrogens is 635 g/mol. The van der Waals surface area contributed by atoms with E-state index >= 15 is 0 Å². The first-order chi connectivity index (χ1) is 18.8. The number of likely N-dealkylation sites (N-methyl/N-ethyl adjacent to an activating group) is 1. The molecule has 3 heterocycles. The fourth-order valence-electron chi connectivity index (χ4n) is 4.31. The van der Waals surface area contributed by atoms with Crippen LogP contribution in [0, 0.1) is 5.92 Å². The molecule has 10 nitrogen and oxygen atoms in total. The summed E-state index contributed by atoms with van der Waals surface area (Å²) in [7, 11) is 3.10. The molecule has 39 heavy (non-hydrogen) atoms. The second-order valence-corrected chi connectivity index (χ2v) is 15.6. The first-order valence-electron chi connectivity index (χ1n) is 13.0. The molecule has 0 spiro atoms. The van der Waals surface area contributed by atoms with Crippen LogP contribution in [0.3, 0.4) is 0 Å². The van der Waals surface area contributed by atoms with Crippen molar-refractivity contribution in [3.63, 3.8) is 0 Å². The van der Waals surface area contributed by atoms with Gasteiger partial charge in [-0.1, -0.05) is 0 Å². The number of fused-ring (bicyclic) bond motifs is 1. The zero-order valence-corrected chi connectivity index (χ0v) is 25.7. The molecule has 0 saturated carbocycles. The second kappa shape index (κ2) is 13.6. The van der Waals surface area contributed by atoms with Crippen molar-refractivity contribution in [1.82, 2.24) is 19.9 Å². The van der Waals surface area contributed by atoms with Crippen LogP contribution in [-0.4, -0.2) is 63.2 Å². The number of halogens is 2. The summed E-state index contributed by atoms with van der Waals surface area (Å²) in [6, 6.07) is 7.30. The standard InChI is InChI=1S/C27H36ClIN6O4/c1-18(2)15-29-9-5-6-10-35(29)27-31-16-21(28)25(33-27)32-20-7-8-22-19(13-20)14-23(39-17-24(36)30-3)26(37)34(22)11-12-38-4/h7-8,13-14,16,18H,5-6,9-12,15,17H2,1-4H3,(H,30,36)(H,31,32,33). The molecule has 212 valence electrons. The van der Waals surface area contributed by atoms with Gasteiger partial charge in [-0.25, -0.2) is 0 Å². The zero-order chi connectivity index (χ0) is 27.9. The monoisotopic (exact) mass is 670 g/mol. The van der Waals surface area contributed by atoms with Crippen molar-refractivity contribution in [3.8, 4) is 5.75 Å². The molecular formula is C27H36ClIN6O4. The van der Waals surface area contributed by atoms with Crippen molar-refractivity contribution in [2.75, 3.05) is 51.2 Å². The normalized spacial score (nSPS) is 14.6. The van der Waals surface area contributed by atoms with Gasteiger partial charge >= 0.3 is 207 Å². The van der Waals surface area contributed by atoms with E-state index in [2.05, 4.69) is 32.6 Å². The van der Waals surface area contributed by atoms with Gasteiger partial charge in [-0.3, -0.25) is 4.79 Å². The number of nitrogens with zero attached hydrogens (tertiary/aromatic N) is 4. The quantitative estimate of drug-likeness (QED) is 0.173. The molecule has 4 rings (SSSR count). The van der Waals surface area contributed by atoms with E-state index in [0.29, 0.717) is 29.9 Å². The Labute approximate surface area is 241 Å². The summed E-state index contributed by atoms with van der Waals surface area (Å²) in [6.07, 6.45) is 4.10. The van der Waals surface area contributed by atoms with E-state index in [1.807, 2.05) is 18.2 Å². The molecule has 1 amide bonds. The maximum absolute atomic E-state index is 13.1. The van der Waals surface area contributed by atoms with Gasteiger partial charge in [0.25, 0.3) is 5.91 Å². The molecule has 0 radical (unpaired) electrons. The van der Waals surface area contributed by atoms with Gasteiger partial charge in [0.2, 0.25) is 0 Å². The van der Waals surface area contributed by atoms with Gasteiger partial charge in [0.1, 0.15) is 0 Å². The molecule has 1 fully saturated rings. The van der Waals surface area contributed by atoms with Crippen LogP contribution in [-0.2, 0) is 16.1 Å². The molecule has 3 aromatic rings. The number of amides is 1. The van der Waals surface area contributed by atoms with Crippen LogP contribution in [0.15, 0.2) is 35.3 Å². The van der Waals surface area contributed by atoms with E-state index in [-0.39, 0.29) is 23.8 Å². The van der Waals surface area contributed by atoms with Crippen LogP contribution in [0.5, 0.6) is 5.75 Å². The third-order valence-electron chi connectivity index (χ3n) is 6.16. The van der Waals surface area contributed by atoms with Crippen LogP contribution in [0.1, 0.15) is 26.7 Å². The average molecular weight is 671 g/mol. The number of methoxy groups -OCH3 is 1. The first-order valence-corrected chi connectivity index (χ1v) is 17.4. The topological polar surface area (TPSA) is 111 Å².